The Hall–Kier alpha value is 2.51. The molecule has 0 aromatic heterocycles. The molecular weight excluding hydrogens is 182 g/mol. The van der Waals surface area contributed by atoms with Crippen molar-refractivity contribution in [2.75, 3.05) is 5.75 Å². The Bertz CT molecular complexity index is 62.5. The zero-order chi connectivity index (χ0) is 5.70. The van der Waals surface area contributed by atoms with E-state index in [-0.39, 0.29) is 52.8 Å². The van der Waals surface area contributed by atoms with Crippen LogP contribution in [0.15, 0.2) is 0 Å². The zero-order valence-electron chi connectivity index (χ0n) is 6.55. The maximum atomic E-state index is 4.71. The molecule has 0 saturated carbocycles. The summed E-state index contributed by atoms with van der Waals surface area (Å²) in [5.74, 6) is 1.99. The van der Waals surface area contributed by atoms with Gasteiger partial charge < -0.3 is 1.43 Å². The Morgan fingerprint density at radius 2 is 2.25 bits per heavy atom. The Morgan fingerprint density at radius 1 is 1.75 bits per heavy atom. The van der Waals surface area contributed by atoms with Crippen molar-refractivity contribution < 1.29 is 52.8 Å². The van der Waals surface area contributed by atoms with E-state index >= 15 is 0 Å². The second kappa shape index (κ2) is 9.51. The predicted molar refractivity (Wildman–Crippen MR) is 42.7 cm³/mol. The van der Waals surface area contributed by atoms with Gasteiger partial charge in [-0.05, 0) is 17.7 Å². The van der Waals surface area contributed by atoms with Crippen molar-refractivity contribution in [2.24, 2.45) is 5.92 Å². The second-order valence-electron chi connectivity index (χ2n) is 1.76. The van der Waals surface area contributed by atoms with Crippen LogP contribution in [0.4, 0.5) is 0 Å². The summed E-state index contributed by atoms with van der Waals surface area (Å²) >= 11 is 6.51. The Morgan fingerprint density at radius 3 is 2.38 bits per heavy atom. The van der Waals surface area contributed by atoms with Crippen LogP contribution in [0.5, 0.6) is 0 Å². The van der Waals surface area contributed by atoms with Crippen molar-refractivity contribution in [3.05, 3.63) is 0 Å². The molecule has 0 nitrogen and oxygen atoms in total. The molecule has 0 atom stereocenters. The average molecular weight is 192 g/mol. The van der Waals surface area contributed by atoms with Crippen LogP contribution in [0.25, 0.3) is 0 Å². The van der Waals surface area contributed by atoms with Gasteiger partial charge in [0.2, 0.25) is 0 Å². The minimum absolute atomic E-state index is 0. The summed E-state index contributed by atoms with van der Waals surface area (Å²) in [6.45, 7) is 5.44. The van der Waals surface area contributed by atoms with Crippen molar-refractivity contribution in [1.82, 2.24) is 0 Å². The Kier molecular flexibility index (Phi) is 15.6. The normalized spacial score (nSPS) is 9.38. The molecule has 0 amide bonds. The Labute approximate surface area is 106 Å². The fourth-order valence-corrected chi connectivity index (χ4v) is 2.16. The van der Waals surface area contributed by atoms with Crippen molar-refractivity contribution in [2.45, 2.75) is 13.8 Å². The summed E-state index contributed by atoms with van der Waals surface area (Å²) in [6.07, 6.45) is 0. The summed E-state index contributed by atoms with van der Waals surface area (Å²) in [6, 6.07) is 0. The number of rotatable bonds is 3. The summed E-state index contributed by atoms with van der Waals surface area (Å²) in [4.78, 5) is 0. The van der Waals surface area contributed by atoms with Crippen molar-refractivity contribution in [1.29, 1.82) is 0 Å². The number of hydrogen-bond acceptors (Lipinski definition) is 2. The fourth-order valence-electron chi connectivity index (χ4n) is 0.180. The molecule has 0 saturated heterocycles. The average Bonchev–Trinajstić information content (AvgIpc) is 1.61. The minimum atomic E-state index is 0. The van der Waals surface area contributed by atoms with Crippen LogP contribution in [0.2, 0.25) is 0 Å². The minimum Gasteiger partial charge on any atom is -1.00 e. The van der Waals surface area contributed by atoms with Crippen LogP contribution in [-0.2, 0) is 11.8 Å². The molecule has 44 valence electrons. The van der Waals surface area contributed by atoms with Gasteiger partial charge >= 0.3 is 51.4 Å². The molecule has 0 aromatic carbocycles. The molecule has 0 N–H and O–H groups in total. The summed E-state index contributed by atoms with van der Waals surface area (Å²) < 4.78 is 0. The molecule has 4 heteroatoms. The summed E-state index contributed by atoms with van der Waals surface area (Å²) in [5.41, 5.74) is 0. The molecule has 0 radical (unpaired) electrons. The van der Waals surface area contributed by atoms with Gasteiger partial charge in [0.05, 0.1) is 0 Å². The van der Waals surface area contributed by atoms with Crippen LogP contribution >= 0.6 is 17.9 Å². The molecule has 8 heavy (non-hydrogen) atoms. The van der Waals surface area contributed by atoms with E-state index in [2.05, 4.69) is 13.8 Å². The van der Waals surface area contributed by atoms with Crippen LogP contribution in [0, 0.1) is 5.92 Å². The molecule has 0 aromatic rings. The van der Waals surface area contributed by atoms with E-state index in [0.717, 1.165) is 12.5 Å². The second-order valence-corrected chi connectivity index (χ2v) is 5.07. The van der Waals surface area contributed by atoms with Gasteiger partial charge in [-0.1, -0.05) is 25.2 Å². The van der Waals surface area contributed by atoms with E-state index in [1.807, 2.05) is 0 Å². The van der Waals surface area contributed by atoms with E-state index in [0.29, 0.717) is 0 Å². The number of hydrogen-bond donors (Lipinski definition) is 0. The molecule has 0 spiro atoms. The van der Waals surface area contributed by atoms with Gasteiger partial charge in [0, 0.05) is 12.3 Å². The van der Waals surface area contributed by atoms with Gasteiger partial charge in [0.1, 0.15) is 0 Å². The van der Waals surface area contributed by atoms with Gasteiger partial charge in [-0.2, -0.15) is 0 Å². The van der Waals surface area contributed by atoms with Gasteiger partial charge in [-0.15, -0.1) is 0 Å². The third-order valence-electron chi connectivity index (χ3n) is 0.461. The molecule has 0 aliphatic heterocycles. The summed E-state index contributed by atoms with van der Waals surface area (Å²) in [5, 5.41) is 0. The molecule has 0 aliphatic carbocycles. The third kappa shape index (κ3) is 11.3. The van der Waals surface area contributed by atoms with Crippen LogP contribution < -0.4 is 51.4 Å². The van der Waals surface area contributed by atoms with Gasteiger partial charge in [0.25, 0.3) is 0 Å². The summed E-state index contributed by atoms with van der Waals surface area (Å²) in [7, 11) is 0. The standard InChI is InChI=1S/C4H9PS2.K.H/c1-4(2)3-7-5-6;;/h4H,3H2,1-2H3;;/q;+1;-1. The molecular formula is C4H10KPS2. The smallest absolute Gasteiger partial charge is 1.00 e. The van der Waals surface area contributed by atoms with Crippen LogP contribution in [-0.4, -0.2) is 5.75 Å². The molecule has 0 rings (SSSR count). The maximum absolute atomic E-state index is 4.71. The molecule has 0 aliphatic rings. The first-order chi connectivity index (χ1) is 3.27. The Balaban J connectivity index is -0.000000180. The van der Waals surface area contributed by atoms with E-state index in [1.54, 1.807) is 11.4 Å². The first kappa shape index (κ1) is 13.1. The monoisotopic (exact) mass is 192 g/mol. The van der Waals surface area contributed by atoms with Crippen LogP contribution in [0.3, 0.4) is 0 Å². The maximum Gasteiger partial charge on any atom is 1.00 e. The molecule has 0 bridgehead atoms. The van der Waals surface area contributed by atoms with Crippen LogP contribution in [0.1, 0.15) is 15.3 Å². The largest absolute Gasteiger partial charge is 1.00 e. The van der Waals surface area contributed by atoms with E-state index in [1.165, 1.54) is 5.75 Å². The fraction of sp³-hybridized carbons (Fsp3) is 1.00. The van der Waals surface area contributed by atoms with E-state index in [9.17, 15) is 0 Å². The molecule has 0 heterocycles. The zero-order valence-corrected chi connectivity index (χ0v) is 11.2. The van der Waals surface area contributed by atoms with Crippen molar-refractivity contribution >= 4 is 29.7 Å². The third-order valence-corrected chi connectivity index (χ3v) is 3.09. The quantitative estimate of drug-likeness (QED) is 0.449. The predicted octanol–water partition coefficient (Wildman–Crippen LogP) is -0.185. The van der Waals surface area contributed by atoms with Crippen molar-refractivity contribution in [3.63, 3.8) is 0 Å². The van der Waals surface area contributed by atoms with Crippen molar-refractivity contribution in [3.8, 4) is 0 Å². The van der Waals surface area contributed by atoms with E-state index in [4.69, 9.17) is 11.8 Å². The topological polar surface area (TPSA) is 0 Å². The SMILES string of the molecule is CC(C)CSP=S.[H-].[K+]. The molecule has 0 fully saturated rings. The van der Waals surface area contributed by atoms with E-state index < -0.39 is 0 Å². The first-order valence-electron chi connectivity index (χ1n) is 2.22. The van der Waals surface area contributed by atoms with Gasteiger partial charge in [-0.25, -0.2) is 0 Å². The molecule has 0 unspecified atom stereocenters. The first-order valence-corrected chi connectivity index (χ1v) is 5.72. The van der Waals surface area contributed by atoms with Gasteiger partial charge in [0.15, 0.2) is 0 Å². The van der Waals surface area contributed by atoms with Gasteiger partial charge in [-0.3, -0.25) is 0 Å².